The van der Waals surface area contributed by atoms with Crippen molar-refractivity contribution < 1.29 is 9.47 Å². The zero-order valence-corrected chi connectivity index (χ0v) is 11.5. The number of hydrogen-bond acceptors (Lipinski definition) is 4. The Labute approximate surface area is 114 Å². The molecule has 4 heteroatoms. The van der Waals surface area contributed by atoms with Gasteiger partial charge in [0.05, 0.1) is 12.3 Å². The summed E-state index contributed by atoms with van der Waals surface area (Å²) in [6, 6.07) is 6.18. The van der Waals surface area contributed by atoms with Crippen LogP contribution in [0.1, 0.15) is 19.8 Å². The first-order valence-corrected chi connectivity index (χ1v) is 7.14. The van der Waals surface area contributed by atoms with Crippen molar-refractivity contribution in [1.82, 2.24) is 0 Å². The van der Waals surface area contributed by atoms with Crippen LogP contribution in [0.25, 0.3) is 0 Å². The predicted molar refractivity (Wildman–Crippen MR) is 77.1 cm³/mol. The molecule has 0 amide bonds. The average molecular weight is 262 g/mol. The van der Waals surface area contributed by atoms with Crippen molar-refractivity contribution in [2.75, 3.05) is 43.5 Å². The molecule has 19 heavy (non-hydrogen) atoms. The van der Waals surface area contributed by atoms with Crippen LogP contribution >= 0.6 is 0 Å². The van der Waals surface area contributed by atoms with Gasteiger partial charge in [0, 0.05) is 31.7 Å². The van der Waals surface area contributed by atoms with Crippen LogP contribution < -0.4 is 15.4 Å². The van der Waals surface area contributed by atoms with Gasteiger partial charge >= 0.3 is 0 Å². The molecule has 0 aromatic heterocycles. The average Bonchev–Trinajstić information content (AvgIpc) is 2.62. The van der Waals surface area contributed by atoms with E-state index in [4.69, 9.17) is 9.47 Å². The van der Waals surface area contributed by atoms with E-state index in [1.54, 1.807) is 0 Å². The number of anilines is 2. The Hall–Kier alpha value is -1.42. The van der Waals surface area contributed by atoms with Gasteiger partial charge in [-0.3, -0.25) is 0 Å². The maximum Gasteiger partial charge on any atom is 0.144 e. The number of hydrogen-bond donors (Lipinski definition) is 2. The lowest BCUT2D eigenvalue weighted by Gasteiger charge is -2.36. The Balaban J connectivity index is 1.83. The van der Waals surface area contributed by atoms with Gasteiger partial charge in [0.1, 0.15) is 11.4 Å². The molecule has 4 nitrogen and oxygen atoms in total. The summed E-state index contributed by atoms with van der Waals surface area (Å²) in [5.41, 5.74) is 2.56. The largest absolute Gasteiger partial charge is 0.492 e. The third-order valence-corrected chi connectivity index (χ3v) is 4.17. The van der Waals surface area contributed by atoms with Crippen LogP contribution in [0.15, 0.2) is 18.2 Å². The van der Waals surface area contributed by atoms with Gasteiger partial charge in [0.2, 0.25) is 0 Å². The maximum absolute atomic E-state index is 5.71. The van der Waals surface area contributed by atoms with Gasteiger partial charge in [-0.05, 0) is 31.9 Å². The molecule has 0 radical (unpaired) electrons. The number of fused-ring (bicyclic) bond motifs is 1. The van der Waals surface area contributed by atoms with Crippen LogP contribution in [-0.2, 0) is 4.74 Å². The Morgan fingerprint density at radius 3 is 2.79 bits per heavy atom. The van der Waals surface area contributed by atoms with E-state index in [9.17, 15) is 0 Å². The zero-order chi connectivity index (χ0) is 13.1. The van der Waals surface area contributed by atoms with Crippen LogP contribution in [0.5, 0.6) is 5.75 Å². The van der Waals surface area contributed by atoms with Crippen molar-refractivity contribution in [2.24, 2.45) is 5.41 Å². The summed E-state index contributed by atoms with van der Waals surface area (Å²) in [6.45, 7) is 6.45. The molecule has 1 saturated heterocycles. The highest BCUT2D eigenvalue weighted by molar-refractivity contribution is 5.76. The minimum absolute atomic E-state index is 0.306. The molecule has 2 aliphatic heterocycles. The summed E-state index contributed by atoms with van der Waals surface area (Å²) >= 11 is 0. The van der Waals surface area contributed by atoms with Gasteiger partial charge in [-0.2, -0.15) is 0 Å². The second kappa shape index (κ2) is 5.29. The molecular formula is C15H22N2O2. The first-order valence-electron chi connectivity index (χ1n) is 7.14. The van der Waals surface area contributed by atoms with E-state index in [0.717, 1.165) is 56.3 Å². The van der Waals surface area contributed by atoms with Crippen molar-refractivity contribution >= 4 is 11.4 Å². The van der Waals surface area contributed by atoms with Gasteiger partial charge in [0.25, 0.3) is 0 Å². The van der Waals surface area contributed by atoms with Crippen molar-refractivity contribution in [1.29, 1.82) is 0 Å². The van der Waals surface area contributed by atoms with Crippen LogP contribution in [-0.4, -0.2) is 32.9 Å². The molecule has 1 aromatic carbocycles. The fraction of sp³-hybridized carbons (Fsp3) is 0.600. The van der Waals surface area contributed by atoms with E-state index in [1.165, 1.54) is 0 Å². The van der Waals surface area contributed by atoms with Crippen LogP contribution in [0.3, 0.4) is 0 Å². The quantitative estimate of drug-likeness (QED) is 0.860. The summed E-state index contributed by atoms with van der Waals surface area (Å²) in [5, 5.41) is 7.18. The molecule has 0 unspecified atom stereocenters. The normalized spacial score (nSPS) is 20.9. The molecule has 2 heterocycles. The summed E-state index contributed by atoms with van der Waals surface area (Å²) in [7, 11) is 0. The topological polar surface area (TPSA) is 42.5 Å². The zero-order valence-electron chi connectivity index (χ0n) is 11.5. The molecule has 1 aromatic rings. The van der Waals surface area contributed by atoms with E-state index in [2.05, 4.69) is 16.7 Å². The van der Waals surface area contributed by atoms with Gasteiger partial charge in [-0.25, -0.2) is 0 Å². The first kappa shape index (κ1) is 12.6. The summed E-state index contributed by atoms with van der Waals surface area (Å²) in [6.07, 6.45) is 2.23. The summed E-state index contributed by atoms with van der Waals surface area (Å²) in [5.74, 6) is 0.941. The molecule has 0 saturated carbocycles. The van der Waals surface area contributed by atoms with Gasteiger partial charge < -0.3 is 20.1 Å². The lowest BCUT2D eigenvalue weighted by atomic mass is 9.80. The van der Waals surface area contributed by atoms with Crippen LogP contribution in [0.2, 0.25) is 0 Å². The molecule has 2 N–H and O–H groups in total. The smallest absolute Gasteiger partial charge is 0.144 e. The SMILES string of the molecule is CCOc1cccc2c1NCC1(CCOCC1)CN2. The van der Waals surface area contributed by atoms with Crippen molar-refractivity contribution in [3.63, 3.8) is 0 Å². The minimum atomic E-state index is 0.306. The number of benzene rings is 1. The number of rotatable bonds is 2. The highest BCUT2D eigenvalue weighted by Gasteiger charge is 2.34. The minimum Gasteiger partial charge on any atom is -0.492 e. The van der Waals surface area contributed by atoms with Crippen molar-refractivity contribution in [3.8, 4) is 5.75 Å². The van der Waals surface area contributed by atoms with E-state index in [-0.39, 0.29) is 0 Å². The highest BCUT2D eigenvalue weighted by Crippen LogP contribution is 2.39. The molecule has 1 spiro atoms. The lowest BCUT2D eigenvalue weighted by Crippen LogP contribution is -2.40. The van der Waals surface area contributed by atoms with Crippen molar-refractivity contribution in [2.45, 2.75) is 19.8 Å². The Morgan fingerprint density at radius 1 is 1.21 bits per heavy atom. The monoisotopic (exact) mass is 262 g/mol. The van der Waals surface area contributed by atoms with E-state index in [1.807, 2.05) is 19.1 Å². The first-order chi connectivity index (χ1) is 9.33. The number of nitrogens with one attached hydrogen (secondary N) is 2. The second-order valence-corrected chi connectivity index (χ2v) is 5.43. The van der Waals surface area contributed by atoms with Crippen molar-refractivity contribution in [3.05, 3.63) is 18.2 Å². The third-order valence-electron chi connectivity index (χ3n) is 4.17. The second-order valence-electron chi connectivity index (χ2n) is 5.43. The molecule has 1 fully saturated rings. The van der Waals surface area contributed by atoms with Gasteiger partial charge in [-0.1, -0.05) is 6.07 Å². The summed E-state index contributed by atoms with van der Waals surface area (Å²) in [4.78, 5) is 0. The molecule has 0 atom stereocenters. The number of para-hydroxylation sites is 1. The number of ether oxygens (including phenoxy) is 2. The lowest BCUT2D eigenvalue weighted by molar-refractivity contribution is 0.0276. The van der Waals surface area contributed by atoms with Gasteiger partial charge in [-0.15, -0.1) is 0 Å². The van der Waals surface area contributed by atoms with E-state index < -0.39 is 0 Å². The molecule has 2 aliphatic rings. The third kappa shape index (κ3) is 2.50. The molecule has 0 bridgehead atoms. The molecule has 104 valence electrons. The Kier molecular flexibility index (Phi) is 3.51. The van der Waals surface area contributed by atoms with E-state index in [0.29, 0.717) is 12.0 Å². The predicted octanol–water partition coefficient (Wildman–Crippen LogP) is 2.72. The van der Waals surface area contributed by atoms with Crippen LogP contribution in [0, 0.1) is 5.41 Å². The summed E-state index contributed by atoms with van der Waals surface area (Å²) < 4.78 is 11.2. The standard InChI is InChI=1S/C15H22N2O2/c1-2-19-13-5-3-4-12-14(13)17-11-15(10-16-12)6-8-18-9-7-15/h3-5,16-17H,2,6-11H2,1H3. The molecular weight excluding hydrogens is 240 g/mol. The fourth-order valence-corrected chi connectivity index (χ4v) is 2.92. The van der Waals surface area contributed by atoms with E-state index >= 15 is 0 Å². The molecule has 3 rings (SSSR count). The molecule has 0 aliphatic carbocycles. The van der Waals surface area contributed by atoms with Crippen LogP contribution in [0.4, 0.5) is 11.4 Å². The maximum atomic E-state index is 5.71. The van der Waals surface area contributed by atoms with Gasteiger partial charge in [0.15, 0.2) is 0 Å². The Morgan fingerprint density at radius 2 is 2.00 bits per heavy atom. The highest BCUT2D eigenvalue weighted by atomic mass is 16.5. The Bertz CT molecular complexity index is 442. The fourth-order valence-electron chi connectivity index (χ4n) is 2.92.